The lowest BCUT2D eigenvalue weighted by molar-refractivity contribution is -0.223. The van der Waals surface area contributed by atoms with Gasteiger partial charge in [-0.1, -0.05) is 37.3 Å². The Morgan fingerprint density at radius 2 is 2.04 bits per heavy atom. The van der Waals surface area contributed by atoms with Crippen LogP contribution in [0.1, 0.15) is 29.6 Å². The first kappa shape index (κ1) is 20.8. The number of nitrogens with zero attached hydrogens (tertiary/aromatic N) is 3. The standard InChI is InChI=1S/C20H24F3N3OS/c1-3-17-24-16(13-28-17)12-25(2)18(27)19(20(21,22)23)9-10-26(14-19)11-15-7-5-4-6-8-15/h4-8,13H,3,9-12,14H2,1-2H3. The van der Waals surface area contributed by atoms with Crippen molar-refractivity contribution in [3.05, 3.63) is 52.0 Å². The first-order chi connectivity index (χ1) is 13.2. The molecule has 0 spiro atoms. The summed E-state index contributed by atoms with van der Waals surface area (Å²) in [4.78, 5) is 20.2. The minimum atomic E-state index is -4.60. The normalized spacial score (nSPS) is 20.5. The van der Waals surface area contributed by atoms with Gasteiger partial charge in [-0.2, -0.15) is 13.2 Å². The third-order valence-corrected chi connectivity index (χ3v) is 6.24. The molecule has 1 fully saturated rings. The van der Waals surface area contributed by atoms with Crippen LogP contribution in [-0.4, -0.2) is 47.0 Å². The highest BCUT2D eigenvalue weighted by atomic mass is 32.1. The van der Waals surface area contributed by atoms with Crippen molar-refractivity contribution < 1.29 is 18.0 Å². The number of aromatic nitrogens is 1. The number of rotatable bonds is 6. The smallest absolute Gasteiger partial charge is 0.339 e. The number of hydrogen-bond acceptors (Lipinski definition) is 4. The molecule has 0 bridgehead atoms. The van der Waals surface area contributed by atoms with Crippen molar-refractivity contribution in [2.75, 3.05) is 20.1 Å². The molecule has 152 valence electrons. The molecule has 0 aliphatic carbocycles. The first-order valence-corrected chi connectivity index (χ1v) is 10.1. The molecule has 4 nitrogen and oxygen atoms in total. The minimum Gasteiger partial charge on any atom is -0.339 e. The van der Waals surface area contributed by atoms with Crippen LogP contribution in [0.2, 0.25) is 0 Å². The molecule has 0 radical (unpaired) electrons. The van der Waals surface area contributed by atoms with Gasteiger partial charge in [0.15, 0.2) is 5.41 Å². The molecule has 2 aromatic rings. The van der Waals surface area contributed by atoms with Gasteiger partial charge in [0, 0.05) is 25.5 Å². The van der Waals surface area contributed by atoms with Crippen LogP contribution in [0.25, 0.3) is 0 Å². The summed E-state index contributed by atoms with van der Waals surface area (Å²) >= 11 is 1.46. The van der Waals surface area contributed by atoms with Crippen molar-refractivity contribution >= 4 is 17.2 Å². The van der Waals surface area contributed by atoms with Crippen molar-refractivity contribution in [1.29, 1.82) is 0 Å². The van der Waals surface area contributed by atoms with Crippen LogP contribution in [0.15, 0.2) is 35.7 Å². The van der Waals surface area contributed by atoms with Gasteiger partial charge in [0.25, 0.3) is 0 Å². The summed E-state index contributed by atoms with van der Waals surface area (Å²) in [6, 6.07) is 9.36. The molecule has 1 saturated heterocycles. The third kappa shape index (κ3) is 4.22. The first-order valence-electron chi connectivity index (χ1n) is 9.27. The van der Waals surface area contributed by atoms with Crippen molar-refractivity contribution in [1.82, 2.24) is 14.8 Å². The number of alkyl halides is 3. The van der Waals surface area contributed by atoms with E-state index in [0.717, 1.165) is 17.0 Å². The van der Waals surface area contributed by atoms with E-state index in [-0.39, 0.29) is 26.1 Å². The number of hydrogen-bond donors (Lipinski definition) is 0. The van der Waals surface area contributed by atoms with E-state index in [1.807, 2.05) is 37.3 Å². The van der Waals surface area contributed by atoms with E-state index in [1.165, 1.54) is 23.3 Å². The molecule has 1 aliphatic heterocycles. The van der Waals surface area contributed by atoms with Gasteiger partial charge in [-0.05, 0) is 24.9 Å². The van der Waals surface area contributed by atoms with Gasteiger partial charge in [-0.3, -0.25) is 9.69 Å². The molecule has 28 heavy (non-hydrogen) atoms. The van der Waals surface area contributed by atoms with Crippen LogP contribution >= 0.6 is 11.3 Å². The highest BCUT2D eigenvalue weighted by Crippen LogP contribution is 2.47. The third-order valence-electron chi connectivity index (χ3n) is 5.20. The van der Waals surface area contributed by atoms with E-state index in [2.05, 4.69) is 4.98 Å². The SMILES string of the molecule is CCc1nc(CN(C)C(=O)C2(C(F)(F)F)CCN(Cc3ccccc3)C2)cs1. The number of amides is 1. The summed E-state index contributed by atoms with van der Waals surface area (Å²) in [5.41, 5.74) is -0.787. The lowest BCUT2D eigenvalue weighted by Gasteiger charge is -2.34. The molecule has 1 amide bonds. The number of benzene rings is 1. The number of likely N-dealkylation sites (tertiary alicyclic amines) is 1. The average molecular weight is 411 g/mol. The summed E-state index contributed by atoms with van der Waals surface area (Å²) in [5, 5.41) is 2.72. The predicted molar refractivity (Wildman–Crippen MR) is 103 cm³/mol. The summed E-state index contributed by atoms with van der Waals surface area (Å²) in [5.74, 6) is -0.874. The average Bonchev–Trinajstić information content (AvgIpc) is 3.29. The number of carbonyl (C=O) groups is 1. The lowest BCUT2D eigenvalue weighted by Crippen LogP contribution is -2.52. The minimum absolute atomic E-state index is 0.0891. The summed E-state index contributed by atoms with van der Waals surface area (Å²) < 4.78 is 42.1. The number of aryl methyl sites for hydroxylation is 1. The fourth-order valence-corrected chi connectivity index (χ4v) is 4.39. The maximum Gasteiger partial charge on any atom is 0.404 e. The van der Waals surface area contributed by atoms with Gasteiger partial charge in [-0.25, -0.2) is 4.98 Å². The Balaban J connectivity index is 1.75. The zero-order valence-corrected chi connectivity index (χ0v) is 16.8. The molecule has 3 rings (SSSR count). The van der Waals surface area contributed by atoms with E-state index in [0.29, 0.717) is 12.2 Å². The van der Waals surface area contributed by atoms with E-state index >= 15 is 0 Å². The second-order valence-electron chi connectivity index (χ2n) is 7.27. The molecular weight excluding hydrogens is 387 g/mol. The fraction of sp³-hybridized carbons (Fsp3) is 0.500. The number of halogens is 3. The van der Waals surface area contributed by atoms with Gasteiger partial charge in [0.1, 0.15) is 0 Å². The molecular formula is C20H24F3N3OS. The zero-order chi connectivity index (χ0) is 20.4. The van der Waals surface area contributed by atoms with Crippen molar-refractivity contribution in [2.45, 2.75) is 39.0 Å². The van der Waals surface area contributed by atoms with Crippen LogP contribution in [0.3, 0.4) is 0 Å². The Bertz CT molecular complexity index is 809. The van der Waals surface area contributed by atoms with Crippen LogP contribution in [-0.2, 0) is 24.3 Å². The maximum atomic E-state index is 14.0. The quantitative estimate of drug-likeness (QED) is 0.718. The maximum absolute atomic E-state index is 14.0. The van der Waals surface area contributed by atoms with Crippen LogP contribution in [0.5, 0.6) is 0 Å². The van der Waals surface area contributed by atoms with Gasteiger partial charge in [-0.15, -0.1) is 11.3 Å². The Hall–Kier alpha value is -1.93. The molecule has 8 heteroatoms. The van der Waals surface area contributed by atoms with Crippen LogP contribution < -0.4 is 0 Å². The summed E-state index contributed by atoms with van der Waals surface area (Å²) in [6.07, 6.45) is -4.05. The summed E-state index contributed by atoms with van der Waals surface area (Å²) in [6.45, 7) is 2.39. The molecule has 1 unspecified atom stereocenters. The largest absolute Gasteiger partial charge is 0.404 e. The molecule has 1 aromatic carbocycles. The lowest BCUT2D eigenvalue weighted by atomic mass is 9.84. The van der Waals surface area contributed by atoms with Crippen molar-refractivity contribution in [3.8, 4) is 0 Å². The van der Waals surface area contributed by atoms with E-state index < -0.39 is 17.5 Å². The van der Waals surface area contributed by atoms with Gasteiger partial charge in [0.2, 0.25) is 5.91 Å². The Kier molecular flexibility index (Phi) is 6.09. The van der Waals surface area contributed by atoms with Crippen LogP contribution in [0.4, 0.5) is 13.2 Å². The van der Waals surface area contributed by atoms with Crippen molar-refractivity contribution in [3.63, 3.8) is 0 Å². The molecule has 1 aromatic heterocycles. The zero-order valence-electron chi connectivity index (χ0n) is 16.0. The molecule has 0 saturated carbocycles. The van der Waals surface area contributed by atoms with E-state index in [9.17, 15) is 18.0 Å². The molecule has 1 atom stereocenters. The predicted octanol–water partition coefficient (Wildman–Crippen LogP) is 4.12. The molecule has 2 heterocycles. The fourth-order valence-electron chi connectivity index (χ4n) is 3.66. The van der Waals surface area contributed by atoms with Gasteiger partial charge >= 0.3 is 6.18 Å². The molecule has 1 aliphatic rings. The second kappa shape index (κ2) is 8.21. The Morgan fingerprint density at radius 1 is 1.32 bits per heavy atom. The highest BCUT2D eigenvalue weighted by molar-refractivity contribution is 7.09. The number of thiazole rings is 1. The number of carbonyl (C=O) groups excluding carboxylic acids is 1. The van der Waals surface area contributed by atoms with Crippen molar-refractivity contribution in [2.24, 2.45) is 5.41 Å². The highest BCUT2D eigenvalue weighted by Gasteiger charge is 2.63. The van der Waals surface area contributed by atoms with Gasteiger partial charge in [0.05, 0.1) is 17.2 Å². The Morgan fingerprint density at radius 3 is 2.64 bits per heavy atom. The molecule has 0 N–H and O–H groups in total. The van der Waals surface area contributed by atoms with E-state index in [1.54, 1.807) is 10.3 Å². The monoisotopic (exact) mass is 411 g/mol. The summed E-state index contributed by atoms with van der Waals surface area (Å²) in [7, 11) is 1.43. The Labute approximate surface area is 167 Å². The topological polar surface area (TPSA) is 36.4 Å². The second-order valence-corrected chi connectivity index (χ2v) is 8.22. The van der Waals surface area contributed by atoms with Gasteiger partial charge < -0.3 is 4.90 Å². The van der Waals surface area contributed by atoms with E-state index in [4.69, 9.17) is 0 Å². The van der Waals surface area contributed by atoms with Crippen LogP contribution in [0, 0.1) is 5.41 Å².